The van der Waals surface area contributed by atoms with Gasteiger partial charge in [0.25, 0.3) is 0 Å². The summed E-state index contributed by atoms with van der Waals surface area (Å²) in [4.78, 5) is 11.0. The first-order valence-electron chi connectivity index (χ1n) is 11.7. The molecule has 0 bridgehead atoms. The van der Waals surface area contributed by atoms with Crippen LogP contribution >= 0.6 is 0 Å². The zero-order chi connectivity index (χ0) is 25.4. The highest BCUT2D eigenvalue weighted by atomic mass is 19.4. The molecule has 0 fully saturated rings. The van der Waals surface area contributed by atoms with Gasteiger partial charge in [0.05, 0.1) is 13.2 Å². The lowest BCUT2D eigenvalue weighted by atomic mass is 10.0. The Labute approximate surface area is 207 Å². The second-order valence-electron chi connectivity index (χ2n) is 8.24. The monoisotopic (exact) mass is 493 g/mol. The fraction of sp³-hybridized carbons (Fsp3) is 0.207. The van der Waals surface area contributed by atoms with Crippen molar-refractivity contribution in [2.45, 2.75) is 19.0 Å². The van der Waals surface area contributed by atoms with Crippen LogP contribution in [0.1, 0.15) is 12.0 Å². The summed E-state index contributed by atoms with van der Waals surface area (Å²) >= 11 is 0. The van der Waals surface area contributed by atoms with Crippen molar-refractivity contribution in [3.8, 4) is 22.6 Å². The molecule has 0 atom stereocenters. The molecule has 1 amide bonds. The molecule has 4 nitrogen and oxygen atoms in total. The first-order chi connectivity index (χ1) is 17.4. The maximum Gasteiger partial charge on any atom is 0.471 e. The number of halogens is 3. The number of fused-ring (bicyclic) bond motifs is 1. The highest BCUT2D eigenvalue weighted by molar-refractivity contribution is 5.87. The van der Waals surface area contributed by atoms with Crippen LogP contribution in [0.25, 0.3) is 21.9 Å². The lowest BCUT2D eigenvalue weighted by Crippen LogP contribution is -2.37. The highest BCUT2D eigenvalue weighted by Crippen LogP contribution is 2.25. The maximum absolute atomic E-state index is 12.4. The van der Waals surface area contributed by atoms with Gasteiger partial charge in [0.1, 0.15) is 11.5 Å². The van der Waals surface area contributed by atoms with Gasteiger partial charge in [-0.2, -0.15) is 13.2 Å². The number of hydrogen-bond acceptors (Lipinski definition) is 3. The number of alkyl halides is 3. The van der Waals surface area contributed by atoms with Crippen LogP contribution < -0.4 is 14.8 Å². The van der Waals surface area contributed by atoms with E-state index in [2.05, 4.69) is 12.1 Å². The summed E-state index contributed by atoms with van der Waals surface area (Å²) in [5.74, 6) is -0.467. The third kappa shape index (κ3) is 6.78. The number of carbonyl (C=O) groups excluding carboxylic acids is 1. The SMILES string of the molecule is O=C(NCCc1cccc2ccc(OCCCOc3ccc(-c4ccccc4)cc3)cc12)C(F)(F)F. The van der Waals surface area contributed by atoms with Gasteiger partial charge in [-0.25, -0.2) is 0 Å². The van der Waals surface area contributed by atoms with Gasteiger partial charge in [-0.3, -0.25) is 4.79 Å². The van der Waals surface area contributed by atoms with Gasteiger partial charge in [-0.15, -0.1) is 0 Å². The summed E-state index contributed by atoms with van der Waals surface area (Å²) in [5, 5.41) is 3.74. The molecule has 36 heavy (non-hydrogen) atoms. The Bertz CT molecular complexity index is 1290. The predicted octanol–water partition coefficient (Wildman–Crippen LogP) is 6.58. The summed E-state index contributed by atoms with van der Waals surface area (Å²) in [6.07, 6.45) is -3.92. The van der Waals surface area contributed by atoms with E-state index in [0.717, 1.165) is 33.2 Å². The number of nitrogens with one attached hydrogen (secondary N) is 1. The van der Waals surface area contributed by atoms with E-state index in [1.165, 1.54) is 0 Å². The zero-order valence-corrected chi connectivity index (χ0v) is 19.6. The average molecular weight is 494 g/mol. The van der Waals surface area contributed by atoms with Crippen molar-refractivity contribution in [3.63, 3.8) is 0 Å². The minimum atomic E-state index is -4.88. The van der Waals surface area contributed by atoms with E-state index in [1.807, 2.05) is 84.2 Å². The summed E-state index contributed by atoms with van der Waals surface area (Å²) < 4.78 is 48.9. The molecule has 0 saturated heterocycles. The van der Waals surface area contributed by atoms with Crippen molar-refractivity contribution < 1.29 is 27.4 Å². The molecule has 7 heteroatoms. The number of ether oxygens (including phenoxy) is 2. The average Bonchev–Trinajstić information content (AvgIpc) is 2.89. The van der Waals surface area contributed by atoms with Crippen molar-refractivity contribution in [3.05, 3.63) is 96.6 Å². The van der Waals surface area contributed by atoms with E-state index in [0.29, 0.717) is 25.4 Å². The number of benzene rings is 4. The summed E-state index contributed by atoms with van der Waals surface area (Å²) in [6.45, 7) is 0.853. The summed E-state index contributed by atoms with van der Waals surface area (Å²) in [5.41, 5.74) is 3.12. The molecule has 0 aliphatic rings. The van der Waals surface area contributed by atoms with Crippen LogP contribution in [0, 0.1) is 0 Å². The molecule has 1 N–H and O–H groups in total. The Hall–Kier alpha value is -4.00. The smallest absolute Gasteiger partial charge is 0.471 e. The van der Waals surface area contributed by atoms with Gasteiger partial charge in [-0.05, 0) is 58.1 Å². The fourth-order valence-electron chi connectivity index (χ4n) is 3.85. The predicted molar refractivity (Wildman–Crippen MR) is 134 cm³/mol. The minimum Gasteiger partial charge on any atom is -0.493 e. The molecule has 0 aliphatic heterocycles. The maximum atomic E-state index is 12.4. The van der Waals surface area contributed by atoms with Gasteiger partial charge in [0, 0.05) is 13.0 Å². The van der Waals surface area contributed by atoms with E-state index in [-0.39, 0.29) is 13.0 Å². The Morgan fingerprint density at radius 3 is 2.14 bits per heavy atom. The number of rotatable bonds is 10. The Morgan fingerprint density at radius 1 is 0.750 bits per heavy atom. The summed E-state index contributed by atoms with van der Waals surface area (Å²) in [6, 6.07) is 29.3. The second kappa shape index (κ2) is 11.6. The lowest BCUT2D eigenvalue weighted by Gasteiger charge is -2.12. The van der Waals surface area contributed by atoms with Crippen LogP contribution in [-0.4, -0.2) is 31.8 Å². The highest BCUT2D eigenvalue weighted by Gasteiger charge is 2.38. The molecule has 0 aliphatic carbocycles. The normalized spacial score (nSPS) is 11.3. The molecule has 0 aromatic heterocycles. The number of hydrogen-bond donors (Lipinski definition) is 1. The molecular formula is C29H26F3NO3. The van der Waals surface area contributed by atoms with Crippen LogP contribution in [0.15, 0.2) is 91.0 Å². The van der Waals surface area contributed by atoms with Crippen LogP contribution in [0.3, 0.4) is 0 Å². The fourth-order valence-corrected chi connectivity index (χ4v) is 3.85. The quantitative estimate of drug-likeness (QED) is 0.254. The van der Waals surface area contributed by atoms with Crippen molar-refractivity contribution in [1.29, 1.82) is 0 Å². The van der Waals surface area contributed by atoms with Gasteiger partial charge in [0.2, 0.25) is 0 Å². The standard InChI is InChI=1S/C29H26F3NO3/c30-29(31,32)28(34)33-17-16-24-9-4-8-23-12-15-26(20-27(23)24)36-19-5-18-35-25-13-10-22(11-14-25)21-6-2-1-3-7-21/h1-4,6-15,20H,5,16-19H2,(H,33,34). The molecule has 0 saturated carbocycles. The summed E-state index contributed by atoms with van der Waals surface area (Å²) in [7, 11) is 0. The van der Waals surface area contributed by atoms with Crippen molar-refractivity contribution in [2.75, 3.05) is 19.8 Å². The van der Waals surface area contributed by atoms with Gasteiger partial charge >= 0.3 is 12.1 Å². The largest absolute Gasteiger partial charge is 0.493 e. The molecule has 4 aromatic carbocycles. The van der Waals surface area contributed by atoms with Crippen LogP contribution in [0.5, 0.6) is 11.5 Å². The Kier molecular flexibility index (Phi) is 8.10. The van der Waals surface area contributed by atoms with Crippen molar-refractivity contribution >= 4 is 16.7 Å². The zero-order valence-electron chi connectivity index (χ0n) is 19.6. The molecule has 0 radical (unpaired) electrons. The molecule has 186 valence electrons. The van der Waals surface area contributed by atoms with Crippen LogP contribution in [0.2, 0.25) is 0 Å². The van der Waals surface area contributed by atoms with Gasteiger partial charge in [-0.1, -0.05) is 66.7 Å². The second-order valence-corrected chi connectivity index (χ2v) is 8.24. The van der Waals surface area contributed by atoms with Crippen molar-refractivity contribution in [1.82, 2.24) is 5.32 Å². The molecule has 4 aromatic rings. The Balaban J connectivity index is 1.26. The molecule has 0 spiro atoms. The van der Waals surface area contributed by atoms with Crippen LogP contribution in [-0.2, 0) is 11.2 Å². The first kappa shape index (κ1) is 25.1. The number of carbonyl (C=O) groups is 1. The van der Waals surface area contributed by atoms with E-state index in [9.17, 15) is 18.0 Å². The number of amides is 1. The van der Waals surface area contributed by atoms with Crippen molar-refractivity contribution in [2.24, 2.45) is 0 Å². The molecule has 0 unspecified atom stereocenters. The van der Waals surface area contributed by atoms with E-state index < -0.39 is 12.1 Å². The topological polar surface area (TPSA) is 47.6 Å². The van der Waals surface area contributed by atoms with E-state index in [1.54, 1.807) is 0 Å². The Morgan fingerprint density at radius 2 is 1.42 bits per heavy atom. The van der Waals surface area contributed by atoms with Gasteiger partial charge < -0.3 is 14.8 Å². The lowest BCUT2D eigenvalue weighted by molar-refractivity contribution is -0.173. The van der Waals surface area contributed by atoms with Gasteiger partial charge in [0.15, 0.2) is 0 Å². The molecule has 4 rings (SSSR count). The molecular weight excluding hydrogens is 467 g/mol. The third-order valence-corrected chi connectivity index (χ3v) is 5.67. The third-order valence-electron chi connectivity index (χ3n) is 5.67. The first-order valence-corrected chi connectivity index (χ1v) is 11.7. The molecule has 0 heterocycles. The van der Waals surface area contributed by atoms with Crippen LogP contribution in [0.4, 0.5) is 13.2 Å². The van der Waals surface area contributed by atoms with E-state index >= 15 is 0 Å². The minimum absolute atomic E-state index is 0.105. The van der Waals surface area contributed by atoms with E-state index in [4.69, 9.17) is 9.47 Å².